The third-order valence-electron chi connectivity index (χ3n) is 3.21. The van der Waals surface area contributed by atoms with Crippen molar-refractivity contribution in [2.75, 3.05) is 33.2 Å². The highest BCUT2D eigenvalue weighted by Gasteiger charge is 2.17. The highest BCUT2D eigenvalue weighted by atomic mass is 15.1. The summed E-state index contributed by atoms with van der Waals surface area (Å²) < 4.78 is 0. The minimum Gasteiger partial charge on any atom is -0.318 e. The zero-order chi connectivity index (χ0) is 10.2. The summed E-state index contributed by atoms with van der Waals surface area (Å²) in [5, 5.41) is 3.24. The van der Waals surface area contributed by atoms with E-state index >= 15 is 0 Å². The monoisotopic (exact) mass is 198 g/mol. The van der Waals surface area contributed by atoms with E-state index in [-0.39, 0.29) is 0 Å². The lowest BCUT2D eigenvalue weighted by Crippen LogP contribution is -2.34. The molecular formula is C12H26N2. The van der Waals surface area contributed by atoms with E-state index in [4.69, 9.17) is 0 Å². The van der Waals surface area contributed by atoms with Gasteiger partial charge in [0.1, 0.15) is 0 Å². The third-order valence-corrected chi connectivity index (χ3v) is 3.21. The van der Waals surface area contributed by atoms with E-state index in [1.807, 2.05) is 7.05 Å². The molecule has 1 aliphatic rings. The molecule has 14 heavy (non-hydrogen) atoms. The Balaban J connectivity index is 2.18. The van der Waals surface area contributed by atoms with Gasteiger partial charge in [0.15, 0.2) is 0 Å². The molecule has 2 nitrogen and oxygen atoms in total. The summed E-state index contributed by atoms with van der Waals surface area (Å²) >= 11 is 0. The molecule has 0 bridgehead atoms. The molecule has 0 heterocycles. The van der Waals surface area contributed by atoms with E-state index in [1.54, 1.807) is 0 Å². The molecule has 0 unspecified atom stereocenters. The van der Waals surface area contributed by atoms with Gasteiger partial charge in [-0.2, -0.15) is 0 Å². The fourth-order valence-corrected chi connectivity index (χ4v) is 2.44. The van der Waals surface area contributed by atoms with Crippen LogP contribution in [-0.2, 0) is 0 Å². The average Bonchev–Trinajstić information content (AvgIpc) is 2.67. The van der Waals surface area contributed by atoms with E-state index in [0.717, 1.165) is 12.5 Å². The summed E-state index contributed by atoms with van der Waals surface area (Å²) in [4.78, 5) is 2.63. The van der Waals surface area contributed by atoms with Crippen LogP contribution in [0.1, 0.15) is 39.0 Å². The van der Waals surface area contributed by atoms with Crippen molar-refractivity contribution in [1.82, 2.24) is 10.2 Å². The lowest BCUT2D eigenvalue weighted by atomic mass is 10.1. The molecule has 0 aromatic heterocycles. The molecule has 1 rings (SSSR count). The fraction of sp³-hybridized carbons (Fsp3) is 1.00. The van der Waals surface area contributed by atoms with Gasteiger partial charge in [-0.15, -0.1) is 0 Å². The van der Waals surface area contributed by atoms with Gasteiger partial charge in [-0.25, -0.2) is 0 Å². The van der Waals surface area contributed by atoms with Gasteiger partial charge in [0.2, 0.25) is 0 Å². The SMILES string of the molecule is CCCN(CCNC)CC1CCCC1. The number of nitrogens with one attached hydrogen (secondary N) is 1. The van der Waals surface area contributed by atoms with Crippen molar-refractivity contribution < 1.29 is 0 Å². The van der Waals surface area contributed by atoms with Gasteiger partial charge in [0, 0.05) is 19.6 Å². The van der Waals surface area contributed by atoms with Gasteiger partial charge in [-0.1, -0.05) is 19.8 Å². The maximum atomic E-state index is 3.24. The van der Waals surface area contributed by atoms with Crippen molar-refractivity contribution in [3.8, 4) is 0 Å². The minimum absolute atomic E-state index is 0.999. The van der Waals surface area contributed by atoms with Crippen LogP contribution in [0.15, 0.2) is 0 Å². The first-order valence-electron chi connectivity index (χ1n) is 6.23. The number of rotatable bonds is 7. The van der Waals surface area contributed by atoms with Crippen LogP contribution in [0.3, 0.4) is 0 Å². The number of hydrogen-bond acceptors (Lipinski definition) is 2. The van der Waals surface area contributed by atoms with Crippen LogP contribution in [0.2, 0.25) is 0 Å². The summed E-state index contributed by atoms with van der Waals surface area (Å²) in [6, 6.07) is 0. The Labute approximate surface area is 89.1 Å². The molecule has 0 spiro atoms. The number of hydrogen-bond donors (Lipinski definition) is 1. The van der Waals surface area contributed by atoms with E-state index in [2.05, 4.69) is 17.1 Å². The predicted octanol–water partition coefficient (Wildman–Crippen LogP) is 2.11. The van der Waals surface area contributed by atoms with Gasteiger partial charge in [0.05, 0.1) is 0 Å². The second-order valence-electron chi connectivity index (χ2n) is 4.55. The first kappa shape index (κ1) is 12.0. The lowest BCUT2D eigenvalue weighted by Gasteiger charge is -2.24. The Morgan fingerprint density at radius 1 is 1.21 bits per heavy atom. The summed E-state index contributed by atoms with van der Waals surface area (Å²) in [5.41, 5.74) is 0. The molecule has 0 saturated heterocycles. The van der Waals surface area contributed by atoms with Crippen LogP contribution in [-0.4, -0.2) is 38.1 Å². The summed E-state index contributed by atoms with van der Waals surface area (Å²) in [6.45, 7) is 7.25. The van der Waals surface area contributed by atoms with Crippen LogP contribution >= 0.6 is 0 Å². The highest BCUT2D eigenvalue weighted by molar-refractivity contribution is 4.72. The first-order chi connectivity index (χ1) is 6.86. The summed E-state index contributed by atoms with van der Waals surface area (Å²) in [6.07, 6.45) is 7.17. The Bertz CT molecular complexity index is 130. The topological polar surface area (TPSA) is 15.3 Å². The molecule has 0 aromatic carbocycles. The second-order valence-corrected chi connectivity index (χ2v) is 4.55. The van der Waals surface area contributed by atoms with Crippen molar-refractivity contribution in [2.24, 2.45) is 5.92 Å². The zero-order valence-electron chi connectivity index (χ0n) is 9.89. The molecule has 0 atom stereocenters. The van der Waals surface area contributed by atoms with Gasteiger partial charge in [-0.05, 0) is 38.8 Å². The molecule has 1 N–H and O–H groups in total. The standard InChI is InChI=1S/C12H26N2/c1-3-9-14(10-8-13-2)11-12-6-4-5-7-12/h12-13H,3-11H2,1-2H3. The van der Waals surface area contributed by atoms with Crippen molar-refractivity contribution in [1.29, 1.82) is 0 Å². The molecule has 1 fully saturated rings. The minimum atomic E-state index is 0.999. The first-order valence-corrected chi connectivity index (χ1v) is 6.23. The average molecular weight is 198 g/mol. The molecular weight excluding hydrogens is 172 g/mol. The lowest BCUT2D eigenvalue weighted by molar-refractivity contribution is 0.233. The maximum Gasteiger partial charge on any atom is 0.0107 e. The Hall–Kier alpha value is -0.0800. The van der Waals surface area contributed by atoms with Crippen molar-refractivity contribution >= 4 is 0 Å². The van der Waals surface area contributed by atoms with Crippen molar-refractivity contribution in [3.63, 3.8) is 0 Å². The van der Waals surface area contributed by atoms with Crippen molar-refractivity contribution in [3.05, 3.63) is 0 Å². The van der Waals surface area contributed by atoms with E-state index < -0.39 is 0 Å². The van der Waals surface area contributed by atoms with Crippen LogP contribution in [0.5, 0.6) is 0 Å². The summed E-state index contributed by atoms with van der Waals surface area (Å²) in [5.74, 6) is 0.999. The Kier molecular flexibility index (Phi) is 6.20. The number of nitrogens with zero attached hydrogens (tertiary/aromatic N) is 1. The molecule has 1 saturated carbocycles. The van der Waals surface area contributed by atoms with E-state index in [9.17, 15) is 0 Å². The van der Waals surface area contributed by atoms with Crippen LogP contribution < -0.4 is 5.32 Å². The van der Waals surface area contributed by atoms with Crippen LogP contribution in [0, 0.1) is 5.92 Å². The second kappa shape index (κ2) is 7.24. The largest absolute Gasteiger partial charge is 0.318 e. The maximum absolute atomic E-state index is 3.24. The Morgan fingerprint density at radius 3 is 2.50 bits per heavy atom. The number of likely N-dealkylation sites (N-methyl/N-ethyl adjacent to an activating group) is 1. The Morgan fingerprint density at radius 2 is 1.93 bits per heavy atom. The molecule has 2 heteroatoms. The molecule has 1 aliphatic carbocycles. The molecule has 0 aromatic rings. The fourth-order valence-electron chi connectivity index (χ4n) is 2.44. The normalized spacial score (nSPS) is 18.2. The van der Waals surface area contributed by atoms with E-state index in [1.165, 1.54) is 51.7 Å². The van der Waals surface area contributed by atoms with Gasteiger partial charge in [0.25, 0.3) is 0 Å². The predicted molar refractivity (Wildman–Crippen MR) is 62.6 cm³/mol. The van der Waals surface area contributed by atoms with Gasteiger partial charge in [-0.3, -0.25) is 0 Å². The third kappa shape index (κ3) is 4.43. The quantitative estimate of drug-likeness (QED) is 0.674. The molecule has 0 amide bonds. The smallest absolute Gasteiger partial charge is 0.0107 e. The van der Waals surface area contributed by atoms with Crippen LogP contribution in [0.25, 0.3) is 0 Å². The molecule has 84 valence electrons. The van der Waals surface area contributed by atoms with Gasteiger partial charge >= 0.3 is 0 Å². The van der Waals surface area contributed by atoms with Gasteiger partial charge < -0.3 is 10.2 Å². The molecule has 0 radical (unpaired) electrons. The zero-order valence-corrected chi connectivity index (χ0v) is 9.89. The van der Waals surface area contributed by atoms with E-state index in [0.29, 0.717) is 0 Å². The molecule has 0 aliphatic heterocycles. The summed E-state index contributed by atoms with van der Waals surface area (Å²) in [7, 11) is 2.04. The van der Waals surface area contributed by atoms with Crippen LogP contribution in [0.4, 0.5) is 0 Å². The highest BCUT2D eigenvalue weighted by Crippen LogP contribution is 2.25. The van der Waals surface area contributed by atoms with Crippen molar-refractivity contribution in [2.45, 2.75) is 39.0 Å².